The predicted molar refractivity (Wildman–Crippen MR) is 48.4 cm³/mol. The first-order valence-electron chi connectivity index (χ1n) is 4.35. The maximum absolute atomic E-state index is 12.3. The zero-order chi connectivity index (χ0) is 10.3. The summed E-state index contributed by atoms with van der Waals surface area (Å²) in [6.07, 6.45) is -2.23. The fourth-order valence-corrected chi connectivity index (χ4v) is 1.76. The Labute approximate surface area is 84.7 Å². The van der Waals surface area contributed by atoms with Gasteiger partial charge in [0.05, 0.1) is 5.56 Å². The summed E-state index contributed by atoms with van der Waals surface area (Å²) < 4.78 is 36.8. The molecule has 1 aromatic carbocycles. The minimum atomic E-state index is -4.30. The summed E-state index contributed by atoms with van der Waals surface area (Å²) in [4.78, 5) is 0. The molecule has 1 aliphatic rings. The van der Waals surface area contributed by atoms with Crippen molar-refractivity contribution in [3.63, 3.8) is 0 Å². The molecule has 0 amide bonds. The molecule has 0 atom stereocenters. The highest BCUT2D eigenvalue weighted by Gasteiger charge is 2.32. The Morgan fingerprint density at radius 2 is 1.86 bits per heavy atom. The molecule has 0 saturated heterocycles. The number of benzene rings is 1. The van der Waals surface area contributed by atoms with Gasteiger partial charge in [-0.2, -0.15) is 13.2 Å². The van der Waals surface area contributed by atoms with E-state index in [1.54, 1.807) is 0 Å². The number of halogens is 4. The Balaban J connectivity index is 2.35. The van der Waals surface area contributed by atoms with E-state index in [4.69, 9.17) is 11.6 Å². The van der Waals surface area contributed by atoms with Crippen LogP contribution < -0.4 is 0 Å². The highest BCUT2D eigenvalue weighted by molar-refractivity contribution is 6.31. The monoisotopic (exact) mass is 220 g/mol. The van der Waals surface area contributed by atoms with Gasteiger partial charge in [-0.05, 0) is 36.5 Å². The van der Waals surface area contributed by atoms with Crippen LogP contribution in [0.3, 0.4) is 0 Å². The van der Waals surface area contributed by atoms with Gasteiger partial charge in [0.2, 0.25) is 0 Å². The summed E-state index contributed by atoms with van der Waals surface area (Å²) in [5.41, 5.74) is 0.173. The van der Waals surface area contributed by atoms with Crippen molar-refractivity contribution in [2.75, 3.05) is 0 Å². The summed E-state index contributed by atoms with van der Waals surface area (Å²) >= 11 is 5.77. The first-order valence-corrected chi connectivity index (χ1v) is 4.73. The molecule has 76 valence electrons. The lowest BCUT2D eigenvalue weighted by atomic mass is 10.1. The molecule has 1 saturated carbocycles. The summed E-state index contributed by atoms with van der Waals surface area (Å²) in [6, 6.07) is 3.59. The third-order valence-corrected chi connectivity index (χ3v) is 2.67. The molecule has 2 rings (SSSR count). The van der Waals surface area contributed by atoms with Gasteiger partial charge in [0.1, 0.15) is 0 Å². The van der Waals surface area contributed by atoms with Gasteiger partial charge in [-0.25, -0.2) is 0 Å². The van der Waals surface area contributed by atoms with Crippen LogP contribution in [0.2, 0.25) is 5.02 Å². The normalized spacial score (nSPS) is 17.1. The van der Waals surface area contributed by atoms with Gasteiger partial charge in [-0.15, -0.1) is 0 Å². The molecule has 0 N–H and O–H groups in total. The summed E-state index contributed by atoms with van der Waals surface area (Å²) in [5, 5.41) is 0.238. The lowest BCUT2D eigenvalue weighted by molar-refractivity contribution is -0.137. The average molecular weight is 221 g/mol. The van der Waals surface area contributed by atoms with E-state index in [1.165, 1.54) is 6.07 Å². The van der Waals surface area contributed by atoms with Crippen molar-refractivity contribution in [3.05, 3.63) is 34.3 Å². The molecule has 0 aromatic heterocycles. The summed E-state index contributed by atoms with van der Waals surface area (Å²) in [6.45, 7) is 0. The minimum absolute atomic E-state index is 0.238. The highest BCUT2D eigenvalue weighted by Crippen LogP contribution is 2.44. The molecular weight excluding hydrogens is 213 g/mol. The molecule has 4 heteroatoms. The molecule has 0 heterocycles. The molecule has 1 fully saturated rings. The molecule has 0 radical (unpaired) electrons. The van der Waals surface area contributed by atoms with Crippen LogP contribution in [0.15, 0.2) is 18.2 Å². The molecule has 0 nitrogen and oxygen atoms in total. The Hall–Kier alpha value is -0.700. The summed E-state index contributed by atoms with van der Waals surface area (Å²) in [5.74, 6) is 0.379. The lowest BCUT2D eigenvalue weighted by Crippen LogP contribution is -2.04. The van der Waals surface area contributed by atoms with Crippen LogP contribution in [-0.2, 0) is 6.18 Å². The van der Waals surface area contributed by atoms with Gasteiger partial charge < -0.3 is 0 Å². The second kappa shape index (κ2) is 3.16. The van der Waals surface area contributed by atoms with E-state index < -0.39 is 11.7 Å². The van der Waals surface area contributed by atoms with Crippen LogP contribution in [0.25, 0.3) is 0 Å². The van der Waals surface area contributed by atoms with Crippen molar-refractivity contribution in [2.45, 2.75) is 24.9 Å². The fraction of sp³-hybridized carbons (Fsp3) is 0.400. The zero-order valence-electron chi connectivity index (χ0n) is 7.24. The van der Waals surface area contributed by atoms with E-state index in [0.717, 1.165) is 30.5 Å². The van der Waals surface area contributed by atoms with Crippen LogP contribution in [0.5, 0.6) is 0 Å². The summed E-state index contributed by atoms with van der Waals surface area (Å²) in [7, 11) is 0. The zero-order valence-corrected chi connectivity index (χ0v) is 7.99. The van der Waals surface area contributed by atoms with Crippen molar-refractivity contribution in [1.82, 2.24) is 0 Å². The Morgan fingerprint density at radius 3 is 2.29 bits per heavy atom. The van der Waals surface area contributed by atoms with Gasteiger partial charge in [0.15, 0.2) is 0 Å². The molecule has 0 aliphatic heterocycles. The van der Waals surface area contributed by atoms with Gasteiger partial charge >= 0.3 is 6.18 Å². The van der Waals surface area contributed by atoms with E-state index >= 15 is 0 Å². The van der Waals surface area contributed by atoms with Crippen molar-refractivity contribution in [1.29, 1.82) is 0 Å². The highest BCUT2D eigenvalue weighted by atomic mass is 35.5. The van der Waals surface area contributed by atoms with Crippen LogP contribution in [0.4, 0.5) is 13.2 Å². The topological polar surface area (TPSA) is 0 Å². The molecule has 0 spiro atoms. The van der Waals surface area contributed by atoms with Crippen LogP contribution >= 0.6 is 11.6 Å². The fourth-order valence-electron chi connectivity index (χ4n) is 1.43. The van der Waals surface area contributed by atoms with E-state index in [0.29, 0.717) is 5.92 Å². The van der Waals surface area contributed by atoms with E-state index in [9.17, 15) is 13.2 Å². The predicted octanol–water partition coefficient (Wildman–Crippen LogP) is 4.24. The Bertz CT molecular complexity index is 353. The van der Waals surface area contributed by atoms with Crippen molar-refractivity contribution < 1.29 is 13.2 Å². The SMILES string of the molecule is FC(F)(F)c1ccc(C2CC2)c(Cl)c1. The minimum Gasteiger partial charge on any atom is -0.166 e. The maximum atomic E-state index is 12.3. The Kier molecular flexibility index (Phi) is 2.22. The molecule has 0 bridgehead atoms. The molecule has 0 unspecified atom stereocenters. The first kappa shape index (κ1) is 9.84. The van der Waals surface area contributed by atoms with E-state index in [-0.39, 0.29) is 5.02 Å². The second-order valence-corrected chi connectivity index (χ2v) is 3.92. The van der Waals surface area contributed by atoms with E-state index in [1.807, 2.05) is 0 Å². The lowest BCUT2D eigenvalue weighted by Gasteiger charge is -2.09. The third kappa shape index (κ3) is 1.87. The number of hydrogen-bond donors (Lipinski definition) is 0. The van der Waals surface area contributed by atoms with Crippen molar-refractivity contribution >= 4 is 11.6 Å². The molecule has 1 aromatic rings. The van der Waals surface area contributed by atoms with Crippen LogP contribution in [-0.4, -0.2) is 0 Å². The number of rotatable bonds is 1. The largest absolute Gasteiger partial charge is 0.416 e. The smallest absolute Gasteiger partial charge is 0.166 e. The maximum Gasteiger partial charge on any atom is 0.416 e. The van der Waals surface area contributed by atoms with Crippen LogP contribution in [0, 0.1) is 0 Å². The standard InChI is InChI=1S/C10H8ClF3/c11-9-5-7(10(12,13)14)3-4-8(9)6-1-2-6/h3-6H,1-2H2. The number of hydrogen-bond acceptors (Lipinski definition) is 0. The molecule has 1 aliphatic carbocycles. The van der Waals surface area contributed by atoms with E-state index in [2.05, 4.69) is 0 Å². The molecular formula is C10H8ClF3. The first-order chi connectivity index (χ1) is 6.48. The van der Waals surface area contributed by atoms with Gasteiger partial charge in [-0.3, -0.25) is 0 Å². The second-order valence-electron chi connectivity index (χ2n) is 3.51. The number of alkyl halides is 3. The quantitative estimate of drug-likeness (QED) is 0.664. The van der Waals surface area contributed by atoms with Gasteiger partial charge in [-0.1, -0.05) is 17.7 Å². The van der Waals surface area contributed by atoms with Gasteiger partial charge in [0.25, 0.3) is 0 Å². The third-order valence-electron chi connectivity index (χ3n) is 2.34. The Morgan fingerprint density at radius 1 is 1.21 bits per heavy atom. The van der Waals surface area contributed by atoms with Gasteiger partial charge in [0, 0.05) is 5.02 Å². The van der Waals surface area contributed by atoms with Crippen molar-refractivity contribution in [3.8, 4) is 0 Å². The van der Waals surface area contributed by atoms with Crippen molar-refractivity contribution in [2.24, 2.45) is 0 Å². The van der Waals surface area contributed by atoms with Crippen LogP contribution in [0.1, 0.15) is 29.9 Å². The molecule has 14 heavy (non-hydrogen) atoms. The average Bonchev–Trinajstić information content (AvgIpc) is 2.85.